The van der Waals surface area contributed by atoms with E-state index in [1.165, 1.54) is 6.42 Å². The van der Waals surface area contributed by atoms with Crippen LogP contribution in [0.25, 0.3) is 0 Å². The molecular weight excluding hydrogens is 457 g/mol. The zero-order valence-corrected chi connectivity index (χ0v) is 21.5. The molecule has 8 nitrogen and oxygen atoms in total. The maximum Gasteiger partial charge on any atom is 0.472 e. The molecule has 0 aromatic heterocycles. The second kappa shape index (κ2) is 23.2. The van der Waals surface area contributed by atoms with E-state index in [1.807, 2.05) is 0 Å². The van der Waals surface area contributed by atoms with E-state index in [0.29, 0.717) is 6.42 Å². The largest absolute Gasteiger partial charge is 0.472 e. The van der Waals surface area contributed by atoms with Crippen LogP contribution in [0.3, 0.4) is 0 Å². The average molecular weight is 502 g/mol. The lowest BCUT2D eigenvalue weighted by Gasteiger charge is -2.15. The summed E-state index contributed by atoms with van der Waals surface area (Å²) in [7, 11) is -4.25. The fraction of sp³-hybridized carbons (Fsp3) is 0.640. The SMILES string of the molecule is CCC/C=C/C/C=C/C/C=C/C/C=C/CCCCCC(=O)OC[C@@H](O)COP(=O)(O)OCCN. The Bertz CT molecular complexity index is 662. The fourth-order valence-corrected chi connectivity index (χ4v) is 3.39. The number of nitrogens with two attached hydrogens (primary N) is 1. The molecule has 0 amide bonds. The third kappa shape index (κ3) is 23.6. The van der Waals surface area contributed by atoms with Crippen LogP contribution >= 0.6 is 7.82 Å². The van der Waals surface area contributed by atoms with Crippen molar-refractivity contribution in [1.82, 2.24) is 0 Å². The Morgan fingerprint density at radius 3 is 2.06 bits per heavy atom. The standard InChI is InChI=1S/C25H44NO7P/c1-2-3-4-5-6-7-8-9-10-11-12-13-14-15-16-17-18-19-25(28)31-22-24(27)23-33-34(29,30)32-21-20-26/h4-5,7-8,10-11,13-14,24,27H,2-3,6,9,12,15-23,26H2,1H3,(H,29,30)/b5-4+,8-7+,11-10+,14-13+/t24-/m1/s1. The van der Waals surface area contributed by atoms with Crippen molar-refractivity contribution in [3.05, 3.63) is 48.6 Å². The molecule has 0 rings (SSSR count). The second-order valence-corrected chi connectivity index (χ2v) is 9.16. The Morgan fingerprint density at radius 1 is 0.882 bits per heavy atom. The quantitative estimate of drug-likeness (QED) is 0.0806. The molecule has 1 unspecified atom stereocenters. The minimum Gasteiger partial charge on any atom is -0.463 e. The maximum atomic E-state index is 11.7. The second-order valence-electron chi connectivity index (χ2n) is 7.70. The molecule has 0 fully saturated rings. The van der Waals surface area contributed by atoms with Crippen LogP contribution in [0.4, 0.5) is 0 Å². The zero-order valence-electron chi connectivity index (χ0n) is 20.6. The molecule has 34 heavy (non-hydrogen) atoms. The first kappa shape index (κ1) is 32.5. The van der Waals surface area contributed by atoms with Gasteiger partial charge >= 0.3 is 13.8 Å². The van der Waals surface area contributed by atoms with Crippen LogP contribution < -0.4 is 5.73 Å². The molecule has 2 atom stereocenters. The lowest BCUT2D eigenvalue weighted by atomic mass is 10.1. The summed E-state index contributed by atoms with van der Waals surface area (Å²) in [6.45, 7) is 1.32. The monoisotopic (exact) mass is 501 g/mol. The first-order valence-corrected chi connectivity index (χ1v) is 13.7. The van der Waals surface area contributed by atoms with Crippen LogP contribution in [0.1, 0.15) is 71.1 Å². The smallest absolute Gasteiger partial charge is 0.463 e. The third-order valence-electron chi connectivity index (χ3n) is 4.43. The van der Waals surface area contributed by atoms with E-state index in [-0.39, 0.29) is 26.2 Å². The number of unbranched alkanes of at least 4 members (excludes halogenated alkanes) is 4. The summed E-state index contributed by atoms with van der Waals surface area (Å²) >= 11 is 0. The molecule has 0 aromatic carbocycles. The van der Waals surface area contributed by atoms with E-state index >= 15 is 0 Å². The molecule has 0 aliphatic heterocycles. The molecule has 0 saturated heterocycles. The zero-order chi connectivity index (χ0) is 25.3. The van der Waals surface area contributed by atoms with Gasteiger partial charge in [0, 0.05) is 13.0 Å². The Morgan fingerprint density at radius 2 is 1.47 bits per heavy atom. The van der Waals surface area contributed by atoms with Gasteiger partial charge in [-0.3, -0.25) is 13.8 Å². The molecule has 196 valence electrons. The van der Waals surface area contributed by atoms with Crippen molar-refractivity contribution in [2.45, 2.75) is 77.2 Å². The van der Waals surface area contributed by atoms with Crippen molar-refractivity contribution in [2.24, 2.45) is 5.73 Å². The molecule has 0 aromatic rings. The summed E-state index contributed by atoms with van der Waals surface area (Å²) in [6.07, 6.45) is 25.3. The molecular formula is C25H44NO7P. The van der Waals surface area contributed by atoms with Gasteiger partial charge in [0.2, 0.25) is 0 Å². The van der Waals surface area contributed by atoms with Crippen molar-refractivity contribution < 1.29 is 33.1 Å². The van der Waals surface area contributed by atoms with Gasteiger partial charge in [-0.1, -0.05) is 68.4 Å². The number of ether oxygens (including phenoxy) is 1. The predicted molar refractivity (Wildman–Crippen MR) is 136 cm³/mol. The van der Waals surface area contributed by atoms with E-state index in [4.69, 9.17) is 10.5 Å². The van der Waals surface area contributed by atoms with Crippen molar-refractivity contribution in [2.75, 3.05) is 26.4 Å². The number of rotatable bonds is 22. The van der Waals surface area contributed by atoms with Crippen molar-refractivity contribution >= 4 is 13.8 Å². The highest BCUT2D eigenvalue weighted by molar-refractivity contribution is 7.47. The summed E-state index contributed by atoms with van der Waals surface area (Å²) in [5.74, 6) is -0.419. The minimum atomic E-state index is -4.25. The van der Waals surface area contributed by atoms with Gasteiger partial charge < -0.3 is 20.5 Å². The summed E-state index contributed by atoms with van der Waals surface area (Å²) in [5.41, 5.74) is 5.16. The van der Waals surface area contributed by atoms with Crippen molar-refractivity contribution in [3.8, 4) is 0 Å². The summed E-state index contributed by atoms with van der Waals surface area (Å²) in [6, 6.07) is 0. The Balaban J connectivity index is 3.63. The number of phosphoric ester groups is 1. The van der Waals surface area contributed by atoms with Crippen LogP contribution in [-0.4, -0.2) is 48.4 Å². The number of hydrogen-bond donors (Lipinski definition) is 3. The van der Waals surface area contributed by atoms with Gasteiger partial charge in [0.05, 0.1) is 13.2 Å². The molecule has 0 saturated carbocycles. The fourth-order valence-electron chi connectivity index (χ4n) is 2.62. The number of carbonyl (C=O) groups excluding carboxylic acids is 1. The van der Waals surface area contributed by atoms with E-state index in [9.17, 15) is 19.4 Å². The molecule has 0 aliphatic carbocycles. The van der Waals surface area contributed by atoms with Gasteiger partial charge in [-0.15, -0.1) is 0 Å². The van der Waals surface area contributed by atoms with Crippen molar-refractivity contribution in [1.29, 1.82) is 0 Å². The number of allylic oxidation sites excluding steroid dienone is 8. The lowest BCUT2D eigenvalue weighted by Crippen LogP contribution is -2.23. The minimum absolute atomic E-state index is 0.0670. The van der Waals surface area contributed by atoms with Gasteiger partial charge in [0.1, 0.15) is 12.7 Å². The Labute approximate surface area is 205 Å². The van der Waals surface area contributed by atoms with Crippen LogP contribution in [-0.2, 0) is 23.1 Å². The molecule has 0 radical (unpaired) electrons. The highest BCUT2D eigenvalue weighted by Gasteiger charge is 2.22. The van der Waals surface area contributed by atoms with Gasteiger partial charge in [-0.2, -0.15) is 0 Å². The molecule has 9 heteroatoms. The van der Waals surface area contributed by atoms with E-state index < -0.39 is 26.5 Å². The summed E-state index contributed by atoms with van der Waals surface area (Å²) in [5, 5.41) is 9.67. The van der Waals surface area contributed by atoms with Crippen LogP contribution in [0.5, 0.6) is 0 Å². The van der Waals surface area contributed by atoms with Gasteiger partial charge in [0.15, 0.2) is 0 Å². The van der Waals surface area contributed by atoms with Gasteiger partial charge in [0.25, 0.3) is 0 Å². The van der Waals surface area contributed by atoms with Gasteiger partial charge in [-0.05, 0) is 44.9 Å². The Kier molecular flexibility index (Phi) is 22.2. The number of carbonyl (C=O) groups is 1. The molecule has 0 heterocycles. The molecule has 0 bridgehead atoms. The van der Waals surface area contributed by atoms with E-state index in [2.05, 4.69) is 64.6 Å². The van der Waals surface area contributed by atoms with Crippen LogP contribution in [0.15, 0.2) is 48.6 Å². The number of hydrogen-bond acceptors (Lipinski definition) is 7. The lowest BCUT2D eigenvalue weighted by molar-refractivity contribution is -0.147. The summed E-state index contributed by atoms with van der Waals surface area (Å²) in [4.78, 5) is 21.0. The Hall–Kier alpha value is -1.54. The number of phosphoric acid groups is 1. The highest BCUT2D eigenvalue weighted by Crippen LogP contribution is 2.42. The van der Waals surface area contributed by atoms with Crippen LogP contribution in [0, 0.1) is 0 Å². The van der Waals surface area contributed by atoms with Gasteiger partial charge in [-0.25, -0.2) is 4.57 Å². The number of aliphatic hydroxyl groups is 1. The van der Waals surface area contributed by atoms with Crippen LogP contribution in [0.2, 0.25) is 0 Å². The average Bonchev–Trinajstić information content (AvgIpc) is 2.82. The molecule has 0 aliphatic rings. The predicted octanol–water partition coefficient (Wildman–Crippen LogP) is 5.13. The molecule has 4 N–H and O–H groups in total. The highest BCUT2D eigenvalue weighted by atomic mass is 31.2. The molecule has 0 spiro atoms. The van der Waals surface area contributed by atoms with Crippen molar-refractivity contribution in [3.63, 3.8) is 0 Å². The van der Waals surface area contributed by atoms with E-state index in [1.54, 1.807) is 0 Å². The first-order chi connectivity index (χ1) is 16.4. The van der Waals surface area contributed by atoms with E-state index in [0.717, 1.165) is 44.9 Å². The third-order valence-corrected chi connectivity index (χ3v) is 5.41. The topological polar surface area (TPSA) is 128 Å². The first-order valence-electron chi connectivity index (χ1n) is 12.2. The number of esters is 1. The number of aliphatic hydroxyl groups excluding tert-OH is 1. The normalized spacial score (nSPS) is 15.1. The summed E-state index contributed by atoms with van der Waals surface area (Å²) < 4.78 is 25.5. The maximum absolute atomic E-state index is 11.7.